The van der Waals surface area contributed by atoms with Gasteiger partial charge in [-0.1, -0.05) is 12.8 Å². The topological polar surface area (TPSA) is 96.2 Å². The number of pyridine rings is 1. The van der Waals surface area contributed by atoms with Crippen LogP contribution in [0.25, 0.3) is 0 Å². The molecule has 0 aliphatic rings. The van der Waals surface area contributed by atoms with Gasteiger partial charge in [0.25, 0.3) is 5.91 Å². The zero-order valence-electron chi connectivity index (χ0n) is 14.1. The molecule has 0 saturated heterocycles. The van der Waals surface area contributed by atoms with Crippen molar-refractivity contribution < 1.29 is 14.7 Å². The fourth-order valence-corrected chi connectivity index (χ4v) is 2.54. The zero-order chi connectivity index (χ0) is 17.9. The highest BCUT2D eigenvalue weighted by Crippen LogP contribution is 2.08. The molecule has 0 spiro atoms. The maximum absolute atomic E-state index is 12.3. The maximum atomic E-state index is 12.3. The average molecular weight is 344 g/mol. The summed E-state index contributed by atoms with van der Waals surface area (Å²) in [7, 11) is 0. The number of amides is 2. The second-order valence-corrected chi connectivity index (χ2v) is 5.77. The Morgan fingerprint density at radius 1 is 1.04 bits per heavy atom. The first-order valence-electron chi connectivity index (χ1n) is 8.46. The standard InChI is InChI=1S/C18H24N4O3/c23-17(21-14-15-7-10-19-11-8-15)16-6-5-13-22(16)12-4-2-1-3-9-20-18(24)25/h5-8,10-11,13,20H,1-4,9,12,14H2,(H,21,23)(H,24,25). The van der Waals surface area contributed by atoms with Crippen molar-refractivity contribution in [3.63, 3.8) is 0 Å². The van der Waals surface area contributed by atoms with Gasteiger partial charge < -0.3 is 20.3 Å². The Hall–Kier alpha value is -2.83. The van der Waals surface area contributed by atoms with Crippen LogP contribution in [0.5, 0.6) is 0 Å². The number of nitrogens with one attached hydrogen (secondary N) is 2. The van der Waals surface area contributed by atoms with E-state index in [-0.39, 0.29) is 5.91 Å². The molecule has 0 aliphatic carbocycles. The summed E-state index contributed by atoms with van der Waals surface area (Å²) in [5.74, 6) is -0.0903. The lowest BCUT2D eigenvalue weighted by Gasteiger charge is -2.10. The highest BCUT2D eigenvalue weighted by Gasteiger charge is 2.10. The van der Waals surface area contributed by atoms with Gasteiger partial charge in [0.1, 0.15) is 5.69 Å². The molecule has 0 bridgehead atoms. The van der Waals surface area contributed by atoms with Crippen LogP contribution in [-0.4, -0.2) is 33.2 Å². The number of carbonyl (C=O) groups excluding carboxylic acids is 1. The average Bonchev–Trinajstić information content (AvgIpc) is 3.08. The number of nitrogens with zero attached hydrogens (tertiary/aromatic N) is 2. The Labute approximate surface area is 147 Å². The summed E-state index contributed by atoms with van der Waals surface area (Å²) < 4.78 is 1.96. The number of rotatable bonds is 10. The number of carbonyl (C=O) groups is 2. The van der Waals surface area contributed by atoms with Gasteiger partial charge in [0.2, 0.25) is 0 Å². The normalized spacial score (nSPS) is 10.4. The summed E-state index contributed by atoms with van der Waals surface area (Å²) in [5, 5.41) is 13.8. The monoisotopic (exact) mass is 344 g/mol. The minimum Gasteiger partial charge on any atom is -0.465 e. The number of aryl methyl sites for hydroxylation is 1. The third-order valence-corrected chi connectivity index (χ3v) is 3.87. The van der Waals surface area contributed by atoms with E-state index in [1.54, 1.807) is 12.4 Å². The molecule has 2 heterocycles. The molecule has 0 radical (unpaired) electrons. The molecule has 0 aromatic carbocycles. The second kappa shape index (κ2) is 10.1. The molecule has 134 valence electrons. The number of hydrogen-bond donors (Lipinski definition) is 3. The van der Waals surface area contributed by atoms with Crippen LogP contribution >= 0.6 is 0 Å². The molecule has 0 atom stereocenters. The third kappa shape index (κ3) is 6.66. The van der Waals surface area contributed by atoms with Crippen LogP contribution in [-0.2, 0) is 13.1 Å². The molecule has 7 heteroatoms. The van der Waals surface area contributed by atoms with E-state index >= 15 is 0 Å². The van der Waals surface area contributed by atoms with Gasteiger partial charge in [-0.25, -0.2) is 4.79 Å². The van der Waals surface area contributed by atoms with E-state index in [2.05, 4.69) is 15.6 Å². The molecule has 2 amide bonds. The number of aromatic nitrogens is 2. The van der Waals surface area contributed by atoms with Crippen molar-refractivity contribution in [2.24, 2.45) is 0 Å². The van der Waals surface area contributed by atoms with Gasteiger partial charge in [0.15, 0.2) is 0 Å². The third-order valence-electron chi connectivity index (χ3n) is 3.87. The van der Waals surface area contributed by atoms with Gasteiger partial charge in [-0.15, -0.1) is 0 Å². The first-order valence-corrected chi connectivity index (χ1v) is 8.46. The van der Waals surface area contributed by atoms with E-state index in [0.29, 0.717) is 18.8 Å². The van der Waals surface area contributed by atoms with Gasteiger partial charge in [-0.2, -0.15) is 0 Å². The van der Waals surface area contributed by atoms with Crippen molar-refractivity contribution in [3.05, 3.63) is 54.1 Å². The van der Waals surface area contributed by atoms with Crippen LogP contribution in [0.1, 0.15) is 41.7 Å². The molecule has 0 aliphatic heterocycles. The minimum atomic E-state index is -0.977. The second-order valence-electron chi connectivity index (χ2n) is 5.77. The van der Waals surface area contributed by atoms with Crippen molar-refractivity contribution in [2.45, 2.75) is 38.8 Å². The van der Waals surface area contributed by atoms with Crippen LogP contribution < -0.4 is 10.6 Å². The molecule has 3 N–H and O–H groups in total. The Morgan fingerprint density at radius 2 is 1.80 bits per heavy atom. The summed E-state index contributed by atoms with van der Waals surface area (Å²) >= 11 is 0. The summed E-state index contributed by atoms with van der Waals surface area (Å²) in [6.45, 7) is 1.74. The molecular formula is C18H24N4O3. The number of unbranched alkanes of at least 4 members (excludes halogenated alkanes) is 3. The molecule has 25 heavy (non-hydrogen) atoms. The smallest absolute Gasteiger partial charge is 0.404 e. The lowest BCUT2D eigenvalue weighted by molar-refractivity contribution is 0.0941. The molecule has 2 aromatic heterocycles. The minimum absolute atomic E-state index is 0.0903. The highest BCUT2D eigenvalue weighted by atomic mass is 16.4. The molecule has 2 rings (SSSR count). The molecule has 0 fully saturated rings. The van der Waals surface area contributed by atoms with Gasteiger partial charge in [-0.05, 0) is 42.7 Å². The van der Waals surface area contributed by atoms with E-state index in [1.807, 2.05) is 35.0 Å². The van der Waals surface area contributed by atoms with E-state index in [1.165, 1.54) is 0 Å². The first-order chi connectivity index (χ1) is 12.2. The SMILES string of the molecule is O=C(O)NCCCCCCn1cccc1C(=O)NCc1ccncc1. The van der Waals surface area contributed by atoms with Crippen LogP contribution in [0.2, 0.25) is 0 Å². The molecule has 0 unspecified atom stereocenters. The quantitative estimate of drug-likeness (QED) is 0.577. The molecule has 0 saturated carbocycles. The van der Waals surface area contributed by atoms with Gasteiger partial charge in [0.05, 0.1) is 0 Å². The Balaban J connectivity index is 1.70. The van der Waals surface area contributed by atoms with Crippen molar-refractivity contribution in [1.82, 2.24) is 20.2 Å². The number of carboxylic acid groups (broad SMARTS) is 1. The van der Waals surface area contributed by atoms with Gasteiger partial charge >= 0.3 is 6.09 Å². The van der Waals surface area contributed by atoms with E-state index in [0.717, 1.165) is 37.8 Å². The summed E-state index contributed by atoms with van der Waals surface area (Å²) in [6, 6.07) is 7.44. The van der Waals surface area contributed by atoms with Crippen LogP contribution in [0.3, 0.4) is 0 Å². The Kier molecular flexibility index (Phi) is 7.49. The van der Waals surface area contributed by atoms with Crippen LogP contribution in [0.15, 0.2) is 42.9 Å². The largest absolute Gasteiger partial charge is 0.465 e. The molecule has 7 nitrogen and oxygen atoms in total. The van der Waals surface area contributed by atoms with Gasteiger partial charge in [-0.3, -0.25) is 9.78 Å². The van der Waals surface area contributed by atoms with Crippen LogP contribution in [0, 0.1) is 0 Å². The summed E-state index contributed by atoms with van der Waals surface area (Å²) in [4.78, 5) is 26.6. The fraction of sp³-hybridized carbons (Fsp3) is 0.389. The summed E-state index contributed by atoms with van der Waals surface area (Å²) in [6.07, 6.45) is 8.08. The van der Waals surface area contributed by atoms with Crippen molar-refractivity contribution in [3.8, 4) is 0 Å². The number of hydrogen-bond acceptors (Lipinski definition) is 3. The van der Waals surface area contributed by atoms with Crippen molar-refractivity contribution >= 4 is 12.0 Å². The maximum Gasteiger partial charge on any atom is 0.404 e. The zero-order valence-corrected chi connectivity index (χ0v) is 14.1. The van der Waals surface area contributed by atoms with Gasteiger partial charge in [0, 0.05) is 38.2 Å². The molecule has 2 aromatic rings. The predicted molar refractivity (Wildman–Crippen MR) is 94.3 cm³/mol. The predicted octanol–water partition coefficient (Wildman–Crippen LogP) is 2.64. The lowest BCUT2D eigenvalue weighted by atomic mass is 10.2. The Bertz CT molecular complexity index is 670. The summed E-state index contributed by atoms with van der Waals surface area (Å²) in [5.41, 5.74) is 1.66. The van der Waals surface area contributed by atoms with Crippen molar-refractivity contribution in [1.29, 1.82) is 0 Å². The van der Waals surface area contributed by atoms with Crippen molar-refractivity contribution in [2.75, 3.05) is 6.54 Å². The van der Waals surface area contributed by atoms with E-state index < -0.39 is 6.09 Å². The van der Waals surface area contributed by atoms with Crippen LogP contribution in [0.4, 0.5) is 4.79 Å². The first kappa shape index (κ1) is 18.5. The van der Waals surface area contributed by atoms with E-state index in [9.17, 15) is 9.59 Å². The Morgan fingerprint density at radius 3 is 2.56 bits per heavy atom. The fourth-order valence-electron chi connectivity index (χ4n) is 2.54. The highest BCUT2D eigenvalue weighted by molar-refractivity contribution is 5.92. The lowest BCUT2D eigenvalue weighted by Crippen LogP contribution is -2.25. The molecular weight excluding hydrogens is 320 g/mol. The van der Waals surface area contributed by atoms with E-state index in [4.69, 9.17) is 5.11 Å².